The molecule has 0 fully saturated rings. The Morgan fingerprint density at radius 3 is 2.52 bits per heavy atom. The van der Waals surface area contributed by atoms with E-state index < -0.39 is 0 Å². The van der Waals surface area contributed by atoms with Gasteiger partial charge in [0.25, 0.3) is 0 Å². The molecule has 0 saturated carbocycles. The molecule has 0 radical (unpaired) electrons. The Labute approximate surface area is 144 Å². The number of tetrazole rings is 1. The second-order valence-electron chi connectivity index (χ2n) is 5.38. The summed E-state index contributed by atoms with van der Waals surface area (Å²) >= 11 is 0. The van der Waals surface area contributed by atoms with Crippen molar-refractivity contribution < 1.29 is 9.53 Å². The summed E-state index contributed by atoms with van der Waals surface area (Å²) in [5, 5.41) is 17.1. The molecule has 1 heterocycles. The van der Waals surface area contributed by atoms with Gasteiger partial charge in [-0.15, -0.1) is 5.10 Å². The normalized spacial score (nSPS) is 10.3. The number of rotatable bonds is 5. The minimum Gasteiger partial charge on any atom is -0.497 e. The van der Waals surface area contributed by atoms with Gasteiger partial charge < -0.3 is 15.4 Å². The summed E-state index contributed by atoms with van der Waals surface area (Å²) in [6.45, 7) is 2.21. The standard InChI is InChI=1S/C17H18N6O2/c1-12-3-7-14(8-4-12)23-16(20-21-22-23)11-18-17(24)19-13-5-9-15(25-2)10-6-13/h3-10H,11H2,1-2H3,(H2,18,19,24). The van der Waals surface area contributed by atoms with Crippen molar-refractivity contribution in [1.82, 2.24) is 25.5 Å². The van der Waals surface area contributed by atoms with Crippen molar-refractivity contribution in [2.24, 2.45) is 0 Å². The molecule has 8 heteroatoms. The number of carbonyl (C=O) groups is 1. The molecular weight excluding hydrogens is 320 g/mol. The van der Waals surface area contributed by atoms with Crippen molar-refractivity contribution in [2.45, 2.75) is 13.5 Å². The van der Waals surface area contributed by atoms with E-state index in [4.69, 9.17) is 4.74 Å². The molecular formula is C17H18N6O2. The van der Waals surface area contributed by atoms with Crippen LogP contribution in [0.15, 0.2) is 48.5 Å². The number of nitrogens with one attached hydrogen (secondary N) is 2. The van der Waals surface area contributed by atoms with Crippen molar-refractivity contribution in [1.29, 1.82) is 0 Å². The number of hydrogen-bond donors (Lipinski definition) is 2. The van der Waals surface area contributed by atoms with Gasteiger partial charge in [0, 0.05) is 5.69 Å². The molecule has 0 bridgehead atoms. The Bertz CT molecular complexity index is 842. The van der Waals surface area contributed by atoms with Crippen LogP contribution in [0.4, 0.5) is 10.5 Å². The van der Waals surface area contributed by atoms with Crippen molar-refractivity contribution in [3.63, 3.8) is 0 Å². The van der Waals surface area contributed by atoms with Crippen LogP contribution in [0.1, 0.15) is 11.4 Å². The number of aryl methyl sites for hydroxylation is 1. The van der Waals surface area contributed by atoms with Crippen LogP contribution < -0.4 is 15.4 Å². The molecule has 0 saturated heterocycles. The second-order valence-corrected chi connectivity index (χ2v) is 5.38. The van der Waals surface area contributed by atoms with Gasteiger partial charge >= 0.3 is 6.03 Å². The van der Waals surface area contributed by atoms with Crippen LogP contribution in [0.2, 0.25) is 0 Å². The molecule has 0 unspecified atom stereocenters. The molecule has 0 aliphatic carbocycles. The predicted octanol–water partition coefficient (Wildman–Crippen LogP) is 2.30. The third kappa shape index (κ3) is 4.11. The lowest BCUT2D eigenvalue weighted by Gasteiger charge is -2.09. The number of nitrogens with zero attached hydrogens (tertiary/aromatic N) is 4. The van der Waals surface area contributed by atoms with E-state index in [2.05, 4.69) is 26.2 Å². The quantitative estimate of drug-likeness (QED) is 0.744. The number of hydrogen-bond acceptors (Lipinski definition) is 5. The predicted molar refractivity (Wildman–Crippen MR) is 92.7 cm³/mol. The molecule has 3 aromatic rings. The summed E-state index contributed by atoms with van der Waals surface area (Å²) < 4.78 is 6.67. The molecule has 3 rings (SSSR count). The molecule has 0 atom stereocenters. The Morgan fingerprint density at radius 1 is 1.12 bits per heavy atom. The number of anilines is 1. The van der Waals surface area contributed by atoms with E-state index in [-0.39, 0.29) is 12.6 Å². The Balaban J connectivity index is 1.61. The average molecular weight is 338 g/mol. The SMILES string of the molecule is COc1ccc(NC(=O)NCc2nnnn2-c2ccc(C)cc2)cc1. The fraction of sp³-hybridized carbons (Fsp3) is 0.176. The zero-order valence-corrected chi connectivity index (χ0v) is 13.9. The van der Waals surface area contributed by atoms with Crippen LogP contribution in [0.5, 0.6) is 5.75 Å². The first-order valence-corrected chi connectivity index (χ1v) is 7.69. The molecule has 2 aromatic carbocycles. The summed E-state index contributed by atoms with van der Waals surface area (Å²) in [6.07, 6.45) is 0. The van der Waals surface area contributed by atoms with Gasteiger partial charge in [-0.25, -0.2) is 4.79 Å². The number of amides is 2. The topological polar surface area (TPSA) is 94.0 Å². The number of benzene rings is 2. The second kappa shape index (κ2) is 7.43. The summed E-state index contributed by atoms with van der Waals surface area (Å²) in [5.74, 6) is 1.26. The van der Waals surface area contributed by atoms with Gasteiger partial charge in [0.15, 0.2) is 5.82 Å². The molecule has 0 aliphatic rings. The van der Waals surface area contributed by atoms with Gasteiger partial charge in [-0.1, -0.05) is 17.7 Å². The average Bonchev–Trinajstić information content (AvgIpc) is 3.10. The zero-order chi connectivity index (χ0) is 17.6. The van der Waals surface area contributed by atoms with Gasteiger partial charge in [0.1, 0.15) is 5.75 Å². The molecule has 0 spiro atoms. The van der Waals surface area contributed by atoms with Crippen LogP contribution in [0, 0.1) is 6.92 Å². The summed E-state index contributed by atoms with van der Waals surface area (Å²) in [7, 11) is 1.59. The minimum atomic E-state index is -0.344. The van der Waals surface area contributed by atoms with Gasteiger partial charge in [-0.05, 0) is 53.7 Å². The van der Waals surface area contributed by atoms with Gasteiger partial charge in [-0.3, -0.25) is 0 Å². The molecule has 2 N–H and O–H groups in total. The van der Waals surface area contributed by atoms with Crippen LogP contribution in [0.3, 0.4) is 0 Å². The van der Waals surface area contributed by atoms with Gasteiger partial charge in [-0.2, -0.15) is 4.68 Å². The molecule has 2 amide bonds. The first-order chi connectivity index (χ1) is 12.2. The van der Waals surface area contributed by atoms with E-state index in [1.807, 2.05) is 31.2 Å². The van der Waals surface area contributed by atoms with Crippen molar-refractivity contribution in [2.75, 3.05) is 12.4 Å². The molecule has 1 aromatic heterocycles. The number of ether oxygens (including phenoxy) is 1. The summed E-state index contributed by atoms with van der Waals surface area (Å²) in [5.41, 5.74) is 2.65. The monoisotopic (exact) mass is 338 g/mol. The maximum atomic E-state index is 12.0. The maximum absolute atomic E-state index is 12.0. The summed E-state index contributed by atoms with van der Waals surface area (Å²) in [4.78, 5) is 12.0. The first-order valence-electron chi connectivity index (χ1n) is 7.69. The fourth-order valence-corrected chi connectivity index (χ4v) is 2.21. The van der Waals surface area contributed by atoms with E-state index >= 15 is 0 Å². The van der Waals surface area contributed by atoms with Crippen molar-refractivity contribution in [3.8, 4) is 11.4 Å². The van der Waals surface area contributed by atoms with Crippen LogP contribution >= 0.6 is 0 Å². The maximum Gasteiger partial charge on any atom is 0.319 e. The van der Waals surface area contributed by atoms with E-state index in [1.54, 1.807) is 36.1 Å². The Kier molecular flexibility index (Phi) is 4.89. The zero-order valence-electron chi connectivity index (χ0n) is 13.9. The smallest absolute Gasteiger partial charge is 0.319 e. The van der Waals surface area contributed by atoms with E-state index in [0.717, 1.165) is 17.0 Å². The highest BCUT2D eigenvalue weighted by molar-refractivity contribution is 5.89. The Morgan fingerprint density at radius 2 is 1.84 bits per heavy atom. The van der Waals surface area contributed by atoms with E-state index in [0.29, 0.717) is 11.5 Å². The van der Waals surface area contributed by atoms with Crippen molar-refractivity contribution in [3.05, 3.63) is 59.9 Å². The molecule has 25 heavy (non-hydrogen) atoms. The van der Waals surface area contributed by atoms with E-state index in [1.165, 1.54) is 0 Å². The first kappa shape index (κ1) is 16.4. The van der Waals surface area contributed by atoms with Crippen LogP contribution in [-0.2, 0) is 6.54 Å². The third-order valence-electron chi connectivity index (χ3n) is 3.57. The lowest BCUT2D eigenvalue weighted by Crippen LogP contribution is -2.29. The highest BCUT2D eigenvalue weighted by Crippen LogP contribution is 2.15. The van der Waals surface area contributed by atoms with Gasteiger partial charge in [0.05, 0.1) is 19.3 Å². The van der Waals surface area contributed by atoms with Crippen LogP contribution in [0.25, 0.3) is 5.69 Å². The fourth-order valence-electron chi connectivity index (χ4n) is 2.21. The molecule has 0 aliphatic heterocycles. The number of aromatic nitrogens is 4. The van der Waals surface area contributed by atoms with Gasteiger partial charge in [0.2, 0.25) is 0 Å². The highest BCUT2D eigenvalue weighted by Gasteiger charge is 2.10. The minimum absolute atomic E-state index is 0.197. The van der Waals surface area contributed by atoms with Crippen LogP contribution in [-0.4, -0.2) is 33.3 Å². The molecule has 8 nitrogen and oxygen atoms in total. The number of carbonyl (C=O) groups excluding carboxylic acids is 1. The van der Waals surface area contributed by atoms with E-state index in [9.17, 15) is 4.79 Å². The number of methoxy groups -OCH3 is 1. The lowest BCUT2D eigenvalue weighted by atomic mass is 10.2. The Hall–Kier alpha value is -3.42. The largest absolute Gasteiger partial charge is 0.497 e. The number of urea groups is 1. The third-order valence-corrected chi connectivity index (χ3v) is 3.57. The highest BCUT2D eigenvalue weighted by atomic mass is 16.5. The molecule has 128 valence electrons. The van der Waals surface area contributed by atoms with Crippen molar-refractivity contribution >= 4 is 11.7 Å². The lowest BCUT2D eigenvalue weighted by molar-refractivity contribution is 0.251. The summed E-state index contributed by atoms with van der Waals surface area (Å²) in [6, 6.07) is 14.5.